The van der Waals surface area contributed by atoms with E-state index in [1.54, 1.807) is 29.1 Å². The van der Waals surface area contributed by atoms with Crippen LogP contribution in [0.4, 0.5) is 0 Å². The number of fused-ring (bicyclic) bond motifs is 2. The van der Waals surface area contributed by atoms with Crippen LogP contribution in [0.2, 0.25) is 0 Å². The number of para-hydroxylation sites is 3. The monoisotopic (exact) mass is 418 g/mol. The van der Waals surface area contributed by atoms with E-state index in [1.165, 1.54) is 18.1 Å². The molecule has 29 heavy (non-hydrogen) atoms. The Balaban J connectivity index is 1.80. The fraction of sp³-hybridized carbons (Fsp3) is 0.0476. The summed E-state index contributed by atoms with van der Waals surface area (Å²) >= 11 is 2.91. The molecule has 0 N–H and O–H groups in total. The summed E-state index contributed by atoms with van der Waals surface area (Å²) in [5.41, 5.74) is 2.00. The van der Waals surface area contributed by atoms with Crippen LogP contribution in [0.3, 0.4) is 0 Å². The highest BCUT2D eigenvalue weighted by atomic mass is 32.2. The molecule has 0 bridgehead atoms. The van der Waals surface area contributed by atoms with Gasteiger partial charge in [-0.15, -0.1) is 11.3 Å². The van der Waals surface area contributed by atoms with Gasteiger partial charge in [0.15, 0.2) is 5.16 Å². The van der Waals surface area contributed by atoms with Crippen LogP contribution in [0, 0.1) is 0 Å². The fourth-order valence-corrected chi connectivity index (χ4v) is 5.02. The van der Waals surface area contributed by atoms with Gasteiger partial charge in [-0.3, -0.25) is 9.36 Å². The molecule has 0 amide bonds. The SMILES string of the molecule is COc1ccccc1-n1c(Sc2ncnc3ccsc23)nc2ccccc2c1=O. The number of ether oxygens (including phenoxy) is 1. The second kappa shape index (κ2) is 7.31. The third-order valence-electron chi connectivity index (χ3n) is 4.47. The van der Waals surface area contributed by atoms with Gasteiger partial charge < -0.3 is 4.74 Å². The lowest BCUT2D eigenvalue weighted by Gasteiger charge is -2.15. The summed E-state index contributed by atoms with van der Waals surface area (Å²) in [5, 5.41) is 3.80. The number of hydrogen-bond acceptors (Lipinski definition) is 7. The van der Waals surface area contributed by atoms with Gasteiger partial charge in [0.05, 0.1) is 33.9 Å². The highest BCUT2D eigenvalue weighted by molar-refractivity contribution is 7.99. The third kappa shape index (κ3) is 3.06. The number of aromatic nitrogens is 4. The first kappa shape index (κ1) is 17.8. The van der Waals surface area contributed by atoms with Crippen LogP contribution in [-0.4, -0.2) is 26.6 Å². The van der Waals surface area contributed by atoms with Gasteiger partial charge in [0.2, 0.25) is 0 Å². The topological polar surface area (TPSA) is 69.9 Å². The van der Waals surface area contributed by atoms with Crippen molar-refractivity contribution in [3.05, 3.63) is 76.7 Å². The molecule has 0 aliphatic rings. The summed E-state index contributed by atoms with van der Waals surface area (Å²) in [4.78, 5) is 27.0. The molecule has 0 aliphatic heterocycles. The molecule has 0 fully saturated rings. The average Bonchev–Trinajstić information content (AvgIpc) is 3.24. The van der Waals surface area contributed by atoms with Crippen molar-refractivity contribution in [1.82, 2.24) is 19.5 Å². The Kier molecular flexibility index (Phi) is 4.49. The van der Waals surface area contributed by atoms with Crippen molar-refractivity contribution in [2.75, 3.05) is 7.11 Å². The predicted octanol–water partition coefficient (Wildman–Crippen LogP) is 4.55. The molecule has 0 atom stereocenters. The third-order valence-corrected chi connectivity index (χ3v) is 6.47. The van der Waals surface area contributed by atoms with Crippen LogP contribution in [0.25, 0.3) is 26.8 Å². The van der Waals surface area contributed by atoms with Gasteiger partial charge >= 0.3 is 0 Å². The zero-order chi connectivity index (χ0) is 19.8. The first-order chi connectivity index (χ1) is 14.3. The van der Waals surface area contributed by atoms with Crippen LogP contribution < -0.4 is 10.3 Å². The minimum absolute atomic E-state index is 0.154. The number of rotatable bonds is 4. The minimum atomic E-state index is -0.154. The van der Waals surface area contributed by atoms with Crippen molar-refractivity contribution in [1.29, 1.82) is 0 Å². The second-order valence-electron chi connectivity index (χ2n) is 6.14. The number of benzene rings is 2. The van der Waals surface area contributed by atoms with Crippen molar-refractivity contribution < 1.29 is 4.74 Å². The van der Waals surface area contributed by atoms with Gasteiger partial charge in [-0.1, -0.05) is 24.3 Å². The summed E-state index contributed by atoms with van der Waals surface area (Å²) in [7, 11) is 1.59. The summed E-state index contributed by atoms with van der Waals surface area (Å²) in [6.45, 7) is 0. The molecule has 0 unspecified atom stereocenters. The maximum atomic E-state index is 13.4. The molecule has 0 saturated heterocycles. The van der Waals surface area contributed by atoms with Gasteiger partial charge in [0.25, 0.3) is 5.56 Å². The van der Waals surface area contributed by atoms with E-state index in [0.717, 1.165) is 15.2 Å². The van der Waals surface area contributed by atoms with Gasteiger partial charge in [0.1, 0.15) is 17.1 Å². The fourth-order valence-electron chi connectivity index (χ4n) is 3.13. The maximum Gasteiger partial charge on any atom is 0.266 e. The Labute approximate surface area is 173 Å². The zero-order valence-electron chi connectivity index (χ0n) is 15.3. The average molecular weight is 419 g/mol. The highest BCUT2D eigenvalue weighted by Gasteiger charge is 2.18. The van der Waals surface area contributed by atoms with E-state index < -0.39 is 0 Å². The number of nitrogens with zero attached hydrogens (tertiary/aromatic N) is 4. The van der Waals surface area contributed by atoms with Crippen LogP contribution in [0.5, 0.6) is 5.75 Å². The first-order valence-electron chi connectivity index (χ1n) is 8.77. The van der Waals surface area contributed by atoms with E-state index in [1.807, 2.05) is 53.9 Å². The van der Waals surface area contributed by atoms with Crippen LogP contribution in [0.15, 0.2) is 81.3 Å². The first-order valence-corrected chi connectivity index (χ1v) is 10.5. The maximum absolute atomic E-state index is 13.4. The molecule has 3 heterocycles. The zero-order valence-corrected chi connectivity index (χ0v) is 16.9. The van der Waals surface area contributed by atoms with Gasteiger partial charge in [0, 0.05) is 0 Å². The molecule has 0 spiro atoms. The lowest BCUT2D eigenvalue weighted by molar-refractivity contribution is 0.411. The van der Waals surface area contributed by atoms with Gasteiger partial charge in [-0.2, -0.15) is 0 Å². The summed E-state index contributed by atoms with van der Waals surface area (Å²) in [6, 6.07) is 16.7. The number of methoxy groups -OCH3 is 1. The van der Waals surface area contributed by atoms with Crippen molar-refractivity contribution in [2.45, 2.75) is 10.2 Å². The Hall–Kier alpha value is -3.23. The van der Waals surface area contributed by atoms with Crippen LogP contribution in [-0.2, 0) is 0 Å². The minimum Gasteiger partial charge on any atom is -0.495 e. The highest BCUT2D eigenvalue weighted by Crippen LogP contribution is 2.35. The molecule has 0 saturated carbocycles. The van der Waals surface area contributed by atoms with Crippen molar-refractivity contribution in [3.8, 4) is 11.4 Å². The molecule has 5 aromatic rings. The molecule has 5 rings (SSSR count). The van der Waals surface area contributed by atoms with Gasteiger partial charge in [-0.05, 0) is 47.5 Å². The second-order valence-corrected chi connectivity index (χ2v) is 8.01. The largest absolute Gasteiger partial charge is 0.495 e. The van der Waals surface area contributed by atoms with Crippen LogP contribution in [0.1, 0.15) is 0 Å². The molecular weight excluding hydrogens is 404 g/mol. The molecule has 142 valence electrons. The lowest BCUT2D eigenvalue weighted by atomic mass is 10.2. The normalized spacial score (nSPS) is 11.2. The molecule has 6 nitrogen and oxygen atoms in total. The Bertz CT molecular complexity index is 1410. The van der Waals surface area contributed by atoms with E-state index in [0.29, 0.717) is 27.5 Å². The molecule has 0 aliphatic carbocycles. The lowest BCUT2D eigenvalue weighted by Crippen LogP contribution is -2.22. The molecule has 2 aromatic carbocycles. The quantitative estimate of drug-likeness (QED) is 0.315. The molecule has 0 radical (unpaired) electrons. The van der Waals surface area contributed by atoms with Crippen molar-refractivity contribution in [2.24, 2.45) is 0 Å². The Morgan fingerprint density at radius 3 is 2.72 bits per heavy atom. The van der Waals surface area contributed by atoms with E-state index in [9.17, 15) is 4.79 Å². The van der Waals surface area contributed by atoms with Crippen molar-refractivity contribution in [3.63, 3.8) is 0 Å². The van der Waals surface area contributed by atoms with E-state index in [-0.39, 0.29) is 5.56 Å². The Morgan fingerprint density at radius 1 is 1.00 bits per heavy atom. The summed E-state index contributed by atoms with van der Waals surface area (Å²) in [5.74, 6) is 0.595. The smallest absolute Gasteiger partial charge is 0.266 e. The standard InChI is InChI=1S/C21H14N4O2S2/c1-27-17-9-5-4-8-16(17)25-20(26)13-6-2-3-7-14(13)24-21(25)29-19-18-15(10-11-28-18)22-12-23-19/h2-12H,1H3. The molecular formula is C21H14N4O2S2. The van der Waals surface area contributed by atoms with Gasteiger partial charge in [-0.25, -0.2) is 15.0 Å². The summed E-state index contributed by atoms with van der Waals surface area (Å²) in [6.07, 6.45) is 1.53. The number of hydrogen-bond donors (Lipinski definition) is 0. The summed E-state index contributed by atoms with van der Waals surface area (Å²) < 4.78 is 8.06. The van der Waals surface area contributed by atoms with E-state index >= 15 is 0 Å². The number of thiophene rings is 1. The van der Waals surface area contributed by atoms with E-state index in [4.69, 9.17) is 9.72 Å². The van der Waals surface area contributed by atoms with E-state index in [2.05, 4.69) is 9.97 Å². The molecule has 3 aromatic heterocycles. The van der Waals surface area contributed by atoms with Crippen molar-refractivity contribution >= 4 is 44.2 Å². The molecule has 8 heteroatoms. The van der Waals surface area contributed by atoms with Crippen LogP contribution >= 0.6 is 23.1 Å². The Morgan fingerprint density at radius 2 is 1.83 bits per heavy atom. The predicted molar refractivity (Wildman–Crippen MR) is 115 cm³/mol.